The molecule has 110 valence electrons. The van der Waals surface area contributed by atoms with Gasteiger partial charge in [0.25, 0.3) is 0 Å². The summed E-state index contributed by atoms with van der Waals surface area (Å²) in [5.41, 5.74) is 5.05. The second-order valence-electron chi connectivity index (χ2n) is 4.75. The molecule has 19 heavy (non-hydrogen) atoms. The molecule has 0 radical (unpaired) electrons. The first kappa shape index (κ1) is 15.9. The van der Waals surface area contributed by atoms with Crippen molar-refractivity contribution in [3.63, 3.8) is 0 Å². The Bertz CT molecular complexity index is 522. The number of hydrogen-bond acceptors (Lipinski definition) is 5. The second-order valence-corrected chi connectivity index (χ2v) is 6.49. The summed E-state index contributed by atoms with van der Waals surface area (Å²) in [6.07, 6.45) is 1.42. The molecule has 1 aromatic rings. The molecule has 0 aliphatic rings. The van der Waals surface area contributed by atoms with Gasteiger partial charge in [-0.1, -0.05) is 0 Å². The molecule has 0 aliphatic carbocycles. The lowest BCUT2D eigenvalue weighted by Crippen LogP contribution is -2.40. The van der Waals surface area contributed by atoms with Gasteiger partial charge >= 0.3 is 0 Å². The summed E-state index contributed by atoms with van der Waals surface area (Å²) in [5, 5.41) is 3.92. The molecule has 8 heteroatoms. The van der Waals surface area contributed by atoms with Crippen LogP contribution in [-0.2, 0) is 21.3 Å². The fraction of sp³-hybridized carbons (Fsp3) is 0.727. The zero-order valence-electron chi connectivity index (χ0n) is 11.8. The molecule has 0 fully saturated rings. The van der Waals surface area contributed by atoms with Gasteiger partial charge in [0.2, 0.25) is 10.0 Å². The van der Waals surface area contributed by atoms with Crippen LogP contribution in [0.5, 0.6) is 0 Å². The molecule has 0 aromatic carbocycles. The van der Waals surface area contributed by atoms with Gasteiger partial charge in [-0.15, -0.1) is 0 Å². The predicted molar refractivity (Wildman–Crippen MR) is 73.2 cm³/mol. The molecule has 0 saturated heterocycles. The number of nitrogens with one attached hydrogen (secondary N) is 1. The van der Waals surface area contributed by atoms with Crippen LogP contribution in [0, 0.1) is 0 Å². The van der Waals surface area contributed by atoms with E-state index in [-0.39, 0.29) is 17.3 Å². The number of aryl methyl sites for hydroxylation is 1. The van der Waals surface area contributed by atoms with E-state index in [1.165, 1.54) is 10.9 Å². The van der Waals surface area contributed by atoms with Crippen LogP contribution in [0.2, 0.25) is 0 Å². The number of sulfonamides is 1. The van der Waals surface area contributed by atoms with Gasteiger partial charge in [0.05, 0.1) is 5.60 Å². The van der Waals surface area contributed by atoms with Gasteiger partial charge in [-0.2, -0.15) is 5.10 Å². The van der Waals surface area contributed by atoms with Crippen LogP contribution in [0.15, 0.2) is 11.1 Å². The van der Waals surface area contributed by atoms with Crippen molar-refractivity contribution in [2.24, 2.45) is 0 Å². The van der Waals surface area contributed by atoms with Gasteiger partial charge in [0.1, 0.15) is 4.90 Å². The molecule has 0 unspecified atom stereocenters. The Morgan fingerprint density at radius 1 is 1.47 bits per heavy atom. The van der Waals surface area contributed by atoms with Crippen LogP contribution in [-0.4, -0.2) is 37.0 Å². The fourth-order valence-electron chi connectivity index (χ4n) is 1.58. The fourth-order valence-corrected chi connectivity index (χ4v) is 2.85. The van der Waals surface area contributed by atoms with Gasteiger partial charge in [-0.05, 0) is 27.7 Å². The number of rotatable bonds is 7. The highest BCUT2D eigenvalue weighted by molar-refractivity contribution is 7.89. The van der Waals surface area contributed by atoms with Crippen LogP contribution in [0.1, 0.15) is 27.7 Å². The summed E-state index contributed by atoms with van der Waals surface area (Å²) in [7, 11) is -3.67. The number of aromatic nitrogens is 2. The minimum atomic E-state index is -3.67. The third kappa shape index (κ3) is 4.19. The topological polar surface area (TPSA) is 99.2 Å². The largest absolute Gasteiger partial charge is 0.381 e. The smallest absolute Gasteiger partial charge is 0.245 e. The average molecular weight is 290 g/mol. The number of nitrogens with zero attached hydrogens (tertiary/aromatic N) is 2. The molecule has 0 amide bonds. The zero-order chi connectivity index (χ0) is 14.7. The molecule has 0 atom stereocenters. The lowest BCUT2D eigenvalue weighted by atomic mass is 10.1. The van der Waals surface area contributed by atoms with Gasteiger partial charge < -0.3 is 10.5 Å². The van der Waals surface area contributed by atoms with E-state index in [1.54, 1.807) is 0 Å². The van der Waals surface area contributed by atoms with E-state index >= 15 is 0 Å². The molecule has 0 saturated carbocycles. The molecule has 1 rings (SSSR count). The highest BCUT2D eigenvalue weighted by Crippen LogP contribution is 2.17. The van der Waals surface area contributed by atoms with Gasteiger partial charge in [0.15, 0.2) is 5.82 Å². The summed E-state index contributed by atoms with van der Waals surface area (Å²) < 4.78 is 33.7. The molecule has 1 aromatic heterocycles. The van der Waals surface area contributed by atoms with Crippen molar-refractivity contribution in [1.29, 1.82) is 0 Å². The summed E-state index contributed by atoms with van der Waals surface area (Å²) in [5.74, 6) is 0.00330. The summed E-state index contributed by atoms with van der Waals surface area (Å²) >= 11 is 0. The monoisotopic (exact) mass is 290 g/mol. The van der Waals surface area contributed by atoms with Crippen molar-refractivity contribution in [2.75, 3.05) is 18.9 Å². The first-order valence-corrected chi connectivity index (χ1v) is 7.66. The SMILES string of the molecule is CCOC(C)(C)CNS(=O)(=O)c1cn(CC)nc1N. The summed E-state index contributed by atoms with van der Waals surface area (Å²) in [4.78, 5) is 0.00153. The molecule has 7 nitrogen and oxygen atoms in total. The van der Waals surface area contributed by atoms with Crippen LogP contribution < -0.4 is 10.5 Å². The highest BCUT2D eigenvalue weighted by Gasteiger charge is 2.25. The van der Waals surface area contributed by atoms with E-state index in [2.05, 4.69) is 9.82 Å². The van der Waals surface area contributed by atoms with Crippen molar-refractivity contribution < 1.29 is 13.2 Å². The Balaban J connectivity index is 2.84. The van der Waals surface area contributed by atoms with Gasteiger partial charge in [-0.3, -0.25) is 4.68 Å². The number of hydrogen-bond donors (Lipinski definition) is 2. The molecule has 0 spiro atoms. The van der Waals surface area contributed by atoms with Crippen molar-refractivity contribution >= 4 is 15.8 Å². The number of nitrogens with two attached hydrogens (primary N) is 1. The summed E-state index contributed by atoms with van der Waals surface area (Å²) in [6, 6.07) is 0. The minimum absolute atomic E-state index is 0.00153. The van der Waals surface area contributed by atoms with E-state index < -0.39 is 15.6 Å². The molecule has 0 bridgehead atoms. The first-order valence-electron chi connectivity index (χ1n) is 6.18. The van der Waals surface area contributed by atoms with Crippen molar-refractivity contribution in [2.45, 2.75) is 44.7 Å². The maximum Gasteiger partial charge on any atom is 0.245 e. The van der Waals surface area contributed by atoms with Crippen LogP contribution in [0.3, 0.4) is 0 Å². The third-order valence-corrected chi connectivity index (χ3v) is 4.01. The lowest BCUT2D eigenvalue weighted by Gasteiger charge is -2.24. The van der Waals surface area contributed by atoms with Crippen LogP contribution >= 0.6 is 0 Å². The summed E-state index contributed by atoms with van der Waals surface area (Å²) in [6.45, 7) is 8.60. The number of ether oxygens (including phenoxy) is 1. The number of nitrogen functional groups attached to an aromatic ring is 1. The Labute approximate surface area is 114 Å². The Kier molecular flexibility index (Phi) is 4.94. The molecule has 3 N–H and O–H groups in total. The van der Waals surface area contributed by atoms with Gasteiger partial charge in [-0.25, -0.2) is 13.1 Å². The van der Waals surface area contributed by atoms with Crippen molar-refractivity contribution in [1.82, 2.24) is 14.5 Å². The molecule has 1 heterocycles. The standard InChI is InChI=1S/C11H22N4O3S/c1-5-15-7-9(10(12)14-15)19(16,17)13-8-11(3,4)18-6-2/h7,13H,5-6,8H2,1-4H3,(H2,12,14). The molecular weight excluding hydrogens is 268 g/mol. The van der Waals surface area contributed by atoms with Gasteiger partial charge in [0, 0.05) is 25.9 Å². The molecule has 0 aliphatic heterocycles. The lowest BCUT2D eigenvalue weighted by molar-refractivity contribution is -0.00514. The average Bonchev–Trinajstić information content (AvgIpc) is 2.69. The second kappa shape index (κ2) is 5.89. The zero-order valence-corrected chi connectivity index (χ0v) is 12.6. The van der Waals surface area contributed by atoms with E-state index in [0.29, 0.717) is 13.2 Å². The Hall–Kier alpha value is -1.12. The van der Waals surface area contributed by atoms with E-state index in [9.17, 15) is 8.42 Å². The third-order valence-electron chi connectivity index (χ3n) is 2.59. The maximum absolute atomic E-state index is 12.1. The Morgan fingerprint density at radius 3 is 2.58 bits per heavy atom. The van der Waals surface area contributed by atoms with E-state index in [4.69, 9.17) is 10.5 Å². The number of anilines is 1. The normalized spacial score (nSPS) is 12.8. The quantitative estimate of drug-likeness (QED) is 0.765. The minimum Gasteiger partial charge on any atom is -0.381 e. The Morgan fingerprint density at radius 2 is 2.11 bits per heavy atom. The predicted octanol–water partition coefficient (Wildman–Crippen LogP) is 0.579. The van der Waals surface area contributed by atoms with Crippen LogP contribution in [0.25, 0.3) is 0 Å². The van der Waals surface area contributed by atoms with E-state index in [1.807, 2.05) is 27.7 Å². The van der Waals surface area contributed by atoms with E-state index in [0.717, 1.165) is 0 Å². The maximum atomic E-state index is 12.1. The van der Waals surface area contributed by atoms with Crippen molar-refractivity contribution in [3.05, 3.63) is 6.20 Å². The highest BCUT2D eigenvalue weighted by atomic mass is 32.2. The van der Waals surface area contributed by atoms with Crippen LogP contribution in [0.4, 0.5) is 5.82 Å². The molecular formula is C11H22N4O3S. The first-order chi connectivity index (χ1) is 8.72. The van der Waals surface area contributed by atoms with Crippen molar-refractivity contribution in [3.8, 4) is 0 Å².